The number of nitrogens with one attached hydrogen (secondary N) is 1. The molecular weight excluding hydrogens is 488 g/mol. The van der Waals surface area contributed by atoms with Crippen LogP contribution in [-0.2, 0) is 6.54 Å². The lowest BCUT2D eigenvalue weighted by Gasteiger charge is -2.15. The monoisotopic (exact) mass is 518 g/mol. The minimum absolute atomic E-state index is 0.00267. The molecule has 1 aromatic heterocycles. The fraction of sp³-hybridized carbons (Fsp3) is 0.250. The fourth-order valence-electron chi connectivity index (χ4n) is 4.00. The Balaban J connectivity index is 1.82. The van der Waals surface area contributed by atoms with Gasteiger partial charge in [0.15, 0.2) is 28.8 Å². The standard InChI is InChI=1S/C28H30N4O6/c1-17-9-7-8-10-18(17)16-29-28(33)26-30-27(19-13-23(36-4)25(38-6)24(14-19)37-5)32(31-26)20-11-12-21(34-2)22(15-20)35-3/h7-15H,16H2,1-6H3,(H,29,33). The number of nitrogens with zero attached hydrogens (tertiary/aromatic N) is 3. The van der Waals surface area contributed by atoms with Crippen LogP contribution in [0.3, 0.4) is 0 Å². The van der Waals surface area contributed by atoms with Gasteiger partial charge in [-0.15, -0.1) is 5.10 Å². The molecule has 3 aromatic carbocycles. The van der Waals surface area contributed by atoms with E-state index < -0.39 is 5.91 Å². The van der Waals surface area contributed by atoms with E-state index >= 15 is 0 Å². The van der Waals surface area contributed by atoms with Crippen molar-refractivity contribution >= 4 is 5.91 Å². The Morgan fingerprint density at radius 3 is 2.08 bits per heavy atom. The maximum atomic E-state index is 13.2. The first kappa shape index (κ1) is 26.3. The van der Waals surface area contributed by atoms with Crippen molar-refractivity contribution in [2.24, 2.45) is 0 Å². The molecule has 10 heteroatoms. The number of carbonyl (C=O) groups is 1. The molecule has 0 atom stereocenters. The highest BCUT2D eigenvalue weighted by atomic mass is 16.5. The van der Waals surface area contributed by atoms with Crippen LogP contribution >= 0.6 is 0 Å². The van der Waals surface area contributed by atoms with Crippen LogP contribution in [0.2, 0.25) is 0 Å². The summed E-state index contributed by atoms with van der Waals surface area (Å²) < 4.78 is 28.9. The van der Waals surface area contributed by atoms with Gasteiger partial charge in [-0.2, -0.15) is 0 Å². The summed E-state index contributed by atoms with van der Waals surface area (Å²) in [6, 6.07) is 16.6. The predicted molar refractivity (Wildman–Crippen MR) is 142 cm³/mol. The molecule has 0 spiro atoms. The summed E-state index contributed by atoms with van der Waals surface area (Å²) in [7, 11) is 7.71. The number of amides is 1. The summed E-state index contributed by atoms with van der Waals surface area (Å²) in [5.74, 6) is 2.34. The molecule has 0 radical (unpaired) electrons. The van der Waals surface area contributed by atoms with Crippen LogP contribution in [0, 0.1) is 6.92 Å². The fourth-order valence-corrected chi connectivity index (χ4v) is 4.00. The summed E-state index contributed by atoms with van der Waals surface area (Å²) in [6.45, 7) is 2.34. The van der Waals surface area contributed by atoms with Gasteiger partial charge in [0, 0.05) is 18.2 Å². The maximum absolute atomic E-state index is 13.2. The van der Waals surface area contributed by atoms with Gasteiger partial charge in [0.05, 0.1) is 41.2 Å². The summed E-state index contributed by atoms with van der Waals surface area (Å²) >= 11 is 0. The molecule has 0 aliphatic carbocycles. The molecule has 198 valence electrons. The van der Waals surface area contributed by atoms with Crippen molar-refractivity contribution < 1.29 is 28.5 Å². The second kappa shape index (κ2) is 11.5. The number of hydrogen-bond acceptors (Lipinski definition) is 8. The lowest BCUT2D eigenvalue weighted by Crippen LogP contribution is -2.24. The first-order valence-corrected chi connectivity index (χ1v) is 11.8. The molecule has 0 bridgehead atoms. The number of methoxy groups -OCH3 is 5. The van der Waals surface area contributed by atoms with Crippen LogP contribution in [-0.4, -0.2) is 56.2 Å². The van der Waals surface area contributed by atoms with E-state index in [4.69, 9.17) is 23.7 Å². The summed E-state index contributed by atoms with van der Waals surface area (Å²) in [5, 5.41) is 7.47. The molecule has 4 rings (SSSR count). The average Bonchev–Trinajstić information content (AvgIpc) is 3.41. The lowest BCUT2D eigenvalue weighted by molar-refractivity contribution is 0.0940. The molecule has 38 heavy (non-hydrogen) atoms. The molecule has 0 aliphatic rings. The van der Waals surface area contributed by atoms with Crippen molar-refractivity contribution in [3.8, 4) is 45.8 Å². The predicted octanol–water partition coefficient (Wildman–Crippen LogP) is 4.22. The van der Waals surface area contributed by atoms with Crippen LogP contribution in [0.25, 0.3) is 17.1 Å². The molecule has 4 aromatic rings. The van der Waals surface area contributed by atoms with Gasteiger partial charge < -0.3 is 29.0 Å². The molecule has 1 N–H and O–H groups in total. The molecule has 1 heterocycles. The van der Waals surface area contributed by atoms with Crippen molar-refractivity contribution in [1.29, 1.82) is 0 Å². The zero-order valence-electron chi connectivity index (χ0n) is 22.2. The molecule has 0 saturated heterocycles. The highest BCUT2D eigenvalue weighted by Gasteiger charge is 2.23. The zero-order valence-corrected chi connectivity index (χ0v) is 22.2. The van der Waals surface area contributed by atoms with Gasteiger partial charge in [-0.25, -0.2) is 9.67 Å². The number of hydrogen-bond donors (Lipinski definition) is 1. The van der Waals surface area contributed by atoms with Gasteiger partial charge in [-0.1, -0.05) is 24.3 Å². The van der Waals surface area contributed by atoms with E-state index in [1.165, 1.54) is 21.3 Å². The van der Waals surface area contributed by atoms with E-state index in [0.717, 1.165) is 11.1 Å². The van der Waals surface area contributed by atoms with E-state index in [1.54, 1.807) is 49.2 Å². The van der Waals surface area contributed by atoms with Crippen molar-refractivity contribution in [1.82, 2.24) is 20.1 Å². The van der Waals surface area contributed by atoms with Crippen LogP contribution in [0.1, 0.15) is 21.7 Å². The van der Waals surface area contributed by atoms with E-state index in [2.05, 4.69) is 15.4 Å². The van der Waals surface area contributed by atoms with Gasteiger partial charge in [0.2, 0.25) is 11.6 Å². The van der Waals surface area contributed by atoms with Gasteiger partial charge in [0.1, 0.15) is 0 Å². The molecule has 0 saturated carbocycles. The van der Waals surface area contributed by atoms with Gasteiger partial charge in [-0.05, 0) is 42.3 Å². The Morgan fingerprint density at radius 2 is 1.47 bits per heavy atom. The van der Waals surface area contributed by atoms with Gasteiger partial charge >= 0.3 is 0 Å². The summed E-state index contributed by atoms with van der Waals surface area (Å²) in [5.41, 5.74) is 3.29. The number of benzene rings is 3. The van der Waals surface area contributed by atoms with E-state index in [1.807, 2.05) is 31.2 Å². The first-order chi connectivity index (χ1) is 18.4. The minimum Gasteiger partial charge on any atom is -0.493 e. The number of carbonyl (C=O) groups excluding carboxylic acids is 1. The molecule has 0 aliphatic heterocycles. The second-order valence-electron chi connectivity index (χ2n) is 8.23. The van der Waals surface area contributed by atoms with Crippen LogP contribution < -0.4 is 29.0 Å². The maximum Gasteiger partial charge on any atom is 0.291 e. The van der Waals surface area contributed by atoms with Crippen LogP contribution in [0.4, 0.5) is 0 Å². The van der Waals surface area contributed by atoms with Crippen molar-refractivity contribution in [2.75, 3.05) is 35.5 Å². The smallest absolute Gasteiger partial charge is 0.291 e. The Labute approximate surface area is 221 Å². The molecule has 10 nitrogen and oxygen atoms in total. The Bertz CT molecular complexity index is 1420. The van der Waals surface area contributed by atoms with E-state index in [9.17, 15) is 4.79 Å². The highest BCUT2D eigenvalue weighted by Crippen LogP contribution is 2.41. The summed E-state index contributed by atoms with van der Waals surface area (Å²) in [6.07, 6.45) is 0. The Kier molecular flexibility index (Phi) is 8.00. The van der Waals surface area contributed by atoms with E-state index in [-0.39, 0.29) is 5.82 Å². The quantitative estimate of drug-likeness (QED) is 0.333. The lowest BCUT2D eigenvalue weighted by atomic mass is 10.1. The zero-order chi connectivity index (χ0) is 27.2. The van der Waals surface area contributed by atoms with Crippen molar-refractivity contribution in [3.63, 3.8) is 0 Å². The van der Waals surface area contributed by atoms with E-state index in [0.29, 0.717) is 52.4 Å². The Hall–Kier alpha value is -4.73. The first-order valence-electron chi connectivity index (χ1n) is 11.8. The second-order valence-corrected chi connectivity index (χ2v) is 8.23. The SMILES string of the molecule is COc1ccc(-n2nc(C(=O)NCc3ccccc3C)nc2-c2cc(OC)c(OC)c(OC)c2)cc1OC. The molecule has 1 amide bonds. The third-order valence-corrected chi connectivity index (χ3v) is 6.05. The normalized spacial score (nSPS) is 10.6. The third kappa shape index (κ3) is 5.19. The number of aromatic nitrogens is 3. The van der Waals surface area contributed by atoms with Gasteiger partial charge in [-0.3, -0.25) is 4.79 Å². The number of rotatable bonds is 10. The Morgan fingerprint density at radius 1 is 0.816 bits per heavy atom. The third-order valence-electron chi connectivity index (χ3n) is 6.05. The van der Waals surface area contributed by atoms with Crippen molar-refractivity contribution in [2.45, 2.75) is 13.5 Å². The average molecular weight is 519 g/mol. The minimum atomic E-state index is -0.416. The molecular formula is C28H30N4O6. The van der Waals surface area contributed by atoms with Crippen molar-refractivity contribution in [3.05, 3.63) is 71.5 Å². The molecule has 0 unspecified atom stereocenters. The van der Waals surface area contributed by atoms with Crippen LogP contribution in [0.15, 0.2) is 54.6 Å². The molecule has 0 fully saturated rings. The van der Waals surface area contributed by atoms with Crippen LogP contribution in [0.5, 0.6) is 28.7 Å². The highest BCUT2D eigenvalue weighted by molar-refractivity contribution is 5.91. The van der Waals surface area contributed by atoms with Gasteiger partial charge in [0.25, 0.3) is 5.91 Å². The summed E-state index contributed by atoms with van der Waals surface area (Å²) in [4.78, 5) is 17.8. The topological polar surface area (TPSA) is 106 Å². The largest absolute Gasteiger partial charge is 0.493 e. The number of ether oxygens (including phenoxy) is 5. The number of aryl methyl sites for hydroxylation is 1.